The number of fused-ring (bicyclic) bond motifs is 1. The van der Waals surface area contributed by atoms with Gasteiger partial charge < -0.3 is 15.4 Å². The lowest BCUT2D eigenvalue weighted by molar-refractivity contribution is 0.0915. The highest BCUT2D eigenvalue weighted by Crippen LogP contribution is 2.24. The molecule has 1 fully saturated rings. The Hall–Kier alpha value is -1.62. The number of rotatable bonds is 3. The third-order valence-corrected chi connectivity index (χ3v) is 4.73. The van der Waals surface area contributed by atoms with Crippen molar-refractivity contribution >= 4 is 5.91 Å². The van der Waals surface area contributed by atoms with Crippen LogP contribution in [0.1, 0.15) is 53.7 Å². The van der Waals surface area contributed by atoms with E-state index in [1.807, 2.05) is 0 Å². The first-order valence-corrected chi connectivity index (χ1v) is 7.86. The summed E-state index contributed by atoms with van der Waals surface area (Å²) in [6.45, 7) is 0.441. The largest absolute Gasteiger partial charge is 0.393 e. The molecule has 0 bridgehead atoms. The maximum Gasteiger partial charge on any atom is 0.261 e. The molecule has 1 heterocycles. The Morgan fingerprint density at radius 1 is 1.29 bits per heavy atom. The molecule has 5 heteroatoms. The summed E-state index contributed by atoms with van der Waals surface area (Å²) in [5.74, 6) is -0.214. The zero-order valence-corrected chi connectivity index (χ0v) is 12.2. The van der Waals surface area contributed by atoms with E-state index in [2.05, 4.69) is 10.3 Å². The number of aliphatic hydroxyl groups excluding tert-OH is 1. The van der Waals surface area contributed by atoms with Crippen LogP contribution in [0, 0.1) is 5.92 Å². The van der Waals surface area contributed by atoms with Gasteiger partial charge in [-0.25, -0.2) is 0 Å². The molecule has 1 aromatic rings. The highest BCUT2D eigenvalue weighted by Gasteiger charge is 2.26. The molecule has 0 aliphatic heterocycles. The number of H-pyrrole nitrogens is 1. The van der Waals surface area contributed by atoms with Crippen LogP contribution in [0.5, 0.6) is 0 Å². The molecule has 5 nitrogen and oxygen atoms in total. The number of aliphatic hydroxyl groups is 1. The lowest BCUT2D eigenvalue weighted by atomic mass is 9.95. The minimum Gasteiger partial charge on any atom is -0.393 e. The van der Waals surface area contributed by atoms with Crippen molar-refractivity contribution in [1.29, 1.82) is 0 Å². The fraction of sp³-hybridized carbons (Fsp3) is 0.625. The summed E-state index contributed by atoms with van der Waals surface area (Å²) in [6.07, 6.45) is 6.42. The monoisotopic (exact) mass is 290 g/mol. The number of aromatic amines is 1. The minimum atomic E-state index is -0.330. The summed E-state index contributed by atoms with van der Waals surface area (Å²) in [6, 6.07) is 1.74. The van der Waals surface area contributed by atoms with Gasteiger partial charge in [0, 0.05) is 18.2 Å². The molecule has 0 saturated heterocycles. The van der Waals surface area contributed by atoms with Crippen molar-refractivity contribution in [2.75, 3.05) is 6.54 Å². The zero-order valence-electron chi connectivity index (χ0n) is 12.2. The fourth-order valence-corrected chi connectivity index (χ4v) is 3.42. The van der Waals surface area contributed by atoms with Crippen molar-refractivity contribution in [2.24, 2.45) is 5.92 Å². The van der Waals surface area contributed by atoms with Crippen LogP contribution in [-0.2, 0) is 12.8 Å². The molecule has 1 saturated carbocycles. The summed E-state index contributed by atoms with van der Waals surface area (Å²) < 4.78 is 0. The van der Waals surface area contributed by atoms with E-state index in [4.69, 9.17) is 0 Å². The molecule has 0 radical (unpaired) electrons. The number of hydrogen-bond donors (Lipinski definition) is 3. The van der Waals surface area contributed by atoms with E-state index in [1.54, 1.807) is 6.07 Å². The normalized spacial score (nSPS) is 24.6. The van der Waals surface area contributed by atoms with Gasteiger partial charge >= 0.3 is 0 Å². The molecule has 2 aliphatic carbocycles. The Morgan fingerprint density at radius 2 is 2.10 bits per heavy atom. The number of nitrogens with one attached hydrogen (secondary N) is 2. The smallest absolute Gasteiger partial charge is 0.261 e. The topological polar surface area (TPSA) is 82.2 Å². The van der Waals surface area contributed by atoms with Crippen molar-refractivity contribution in [2.45, 2.75) is 51.0 Å². The van der Waals surface area contributed by atoms with Gasteiger partial charge in [-0.3, -0.25) is 9.59 Å². The number of aryl methyl sites for hydroxylation is 2. The lowest BCUT2D eigenvalue weighted by Crippen LogP contribution is -2.35. The number of aromatic nitrogens is 1. The maximum atomic E-state index is 12.2. The fourth-order valence-electron chi connectivity index (χ4n) is 3.42. The maximum absolute atomic E-state index is 12.2. The first-order valence-electron chi connectivity index (χ1n) is 7.86. The van der Waals surface area contributed by atoms with Gasteiger partial charge in [0.15, 0.2) is 0 Å². The van der Waals surface area contributed by atoms with Crippen molar-refractivity contribution in [3.05, 3.63) is 33.2 Å². The second-order valence-corrected chi connectivity index (χ2v) is 6.19. The Bertz CT molecular complexity index is 594. The van der Waals surface area contributed by atoms with Crippen LogP contribution in [0.25, 0.3) is 0 Å². The summed E-state index contributed by atoms with van der Waals surface area (Å²) >= 11 is 0. The summed E-state index contributed by atoms with van der Waals surface area (Å²) in [7, 11) is 0. The predicted octanol–water partition coefficient (Wildman–Crippen LogP) is 1.14. The van der Waals surface area contributed by atoms with Crippen molar-refractivity contribution in [3.8, 4) is 0 Å². The molecule has 3 rings (SSSR count). The highest BCUT2D eigenvalue weighted by atomic mass is 16.3. The van der Waals surface area contributed by atoms with E-state index in [9.17, 15) is 14.7 Å². The van der Waals surface area contributed by atoms with Crippen LogP contribution in [0.2, 0.25) is 0 Å². The molecule has 1 amide bonds. The number of pyridine rings is 1. The molecule has 21 heavy (non-hydrogen) atoms. The first-order chi connectivity index (χ1) is 10.1. The van der Waals surface area contributed by atoms with Gasteiger partial charge in [0.2, 0.25) is 0 Å². The number of carbonyl (C=O) groups excluding carboxylic acids is 1. The van der Waals surface area contributed by atoms with Crippen LogP contribution in [0.4, 0.5) is 0 Å². The van der Waals surface area contributed by atoms with Gasteiger partial charge in [-0.15, -0.1) is 0 Å². The van der Waals surface area contributed by atoms with Crippen LogP contribution in [0.15, 0.2) is 10.9 Å². The Kier molecular flexibility index (Phi) is 4.10. The number of hydrogen-bond acceptors (Lipinski definition) is 3. The quantitative estimate of drug-likeness (QED) is 0.781. The third kappa shape index (κ3) is 3.02. The van der Waals surface area contributed by atoms with Crippen molar-refractivity contribution in [3.63, 3.8) is 0 Å². The third-order valence-electron chi connectivity index (χ3n) is 4.73. The average molecular weight is 290 g/mol. The van der Waals surface area contributed by atoms with E-state index in [0.717, 1.165) is 56.2 Å². The lowest BCUT2D eigenvalue weighted by Gasteiger charge is -2.17. The molecule has 3 N–H and O–H groups in total. The summed E-state index contributed by atoms with van der Waals surface area (Å²) in [5, 5.41) is 12.6. The van der Waals surface area contributed by atoms with Gasteiger partial charge in [-0.05, 0) is 50.2 Å². The highest BCUT2D eigenvalue weighted by molar-refractivity contribution is 5.94. The molecule has 2 atom stereocenters. The standard InChI is InChI=1S/C16H22N2O3/c19-14-7-3-5-11(14)9-17-15(20)12-8-10-4-1-2-6-13(10)18-16(12)21/h8,11,14,19H,1-7,9H2,(H,17,20)(H,18,21). The Labute approximate surface area is 123 Å². The van der Waals surface area contributed by atoms with E-state index < -0.39 is 0 Å². The van der Waals surface area contributed by atoms with Gasteiger partial charge in [0.1, 0.15) is 5.56 Å². The summed E-state index contributed by atoms with van der Waals surface area (Å²) in [4.78, 5) is 27.1. The van der Waals surface area contributed by atoms with Gasteiger partial charge in [-0.1, -0.05) is 6.42 Å². The predicted molar refractivity (Wildman–Crippen MR) is 79.4 cm³/mol. The van der Waals surface area contributed by atoms with Crippen molar-refractivity contribution < 1.29 is 9.90 Å². The second-order valence-electron chi connectivity index (χ2n) is 6.19. The molecule has 2 unspecified atom stereocenters. The minimum absolute atomic E-state index is 0.116. The summed E-state index contributed by atoms with van der Waals surface area (Å²) in [5.41, 5.74) is 1.96. The van der Waals surface area contributed by atoms with Crippen LogP contribution in [0.3, 0.4) is 0 Å². The SMILES string of the molecule is O=C(NCC1CCCC1O)c1cc2c([nH]c1=O)CCCC2. The second kappa shape index (κ2) is 6.02. The Morgan fingerprint density at radius 3 is 2.86 bits per heavy atom. The first kappa shape index (κ1) is 14.3. The average Bonchev–Trinajstić information content (AvgIpc) is 2.89. The van der Waals surface area contributed by atoms with Gasteiger partial charge in [0.25, 0.3) is 11.5 Å². The van der Waals surface area contributed by atoms with E-state index in [-0.39, 0.29) is 29.1 Å². The van der Waals surface area contributed by atoms with E-state index >= 15 is 0 Å². The number of carbonyl (C=O) groups is 1. The molecule has 0 spiro atoms. The molecule has 0 aromatic carbocycles. The van der Waals surface area contributed by atoms with Gasteiger partial charge in [0.05, 0.1) is 6.10 Å². The van der Waals surface area contributed by atoms with Crippen LogP contribution >= 0.6 is 0 Å². The zero-order chi connectivity index (χ0) is 14.8. The molecular weight excluding hydrogens is 268 g/mol. The van der Waals surface area contributed by atoms with E-state index in [1.165, 1.54) is 0 Å². The van der Waals surface area contributed by atoms with E-state index in [0.29, 0.717) is 6.54 Å². The molecule has 114 valence electrons. The van der Waals surface area contributed by atoms with Crippen LogP contribution in [-0.4, -0.2) is 28.6 Å². The van der Waals surface area contributed by atoms with Crippen LogP contribution < -0.4 is 10.9 Å². The molecule has 1 aromatic heterocycles. The molecule has 2 aliphatic rings. The molecular formula is C16H22N2O3. The number of amides is 1. The van der Waals surface area contributed by atoms with Crippen molar-refractivity contribution in [1.82, 2.24) is 10.3 Å². The Balaban J connectivity index is 1.71. The van der Waals surface area contributed by atoms with Gasteiger partial charge in [-0.2, -0.15) is 0 Å².